The van der Waals surface area contributed by atoms with Crippen molar-refractivity contribution in [2.24, 2.45) is 0 Å². The molecule has 1 aliphatic heterocycles. The highest BCUT2D eigenvalue weighted by atomic mass is 32.2. The summed E-state index contributed by atoms with van der Waals surface area (Å²) in [7, 11) is -3.73. The lowest BCUT2D eigenvalue weighted by atomic mass is 9.96. The van der Waals surface area contributed by atoms with Crippen molar-refractivity contribution in [3.63, 3.8) is 0 Å². The summed E-state index contributed by atoms with van der Waals surface area (Å²) in [5, 5.41) is 10.7. The summed E-state index contributed by atoms with van der Waals surface area (Å²) in [5.74, 6) is 1.14. The summed E-state index contributed by atoms with van der Waals surface area (Å²) < 4.78 is 38.2. The molecule has 3 rings (SSSR count). The number of ether oxygens (including phenoxy) is 2. The fourth-order valence-electron chi connectivity index (χ4n) is 2.75. The molecule has 1 aliphatic rings. The Balaban J connectivity index is 1.79. The molecule has 1 unspecified atom stereocenters. The highest BCUT2D eigenvalue weighted by molar-refractivity contribution is 7.89. The fourth-order valence-corrected chi connectivity index (χ4v) is 4.10. The highest BCUT2D eigenvalue weighted by Crippen LogP contribution is 2.35. The molecule has 7 heteroatoms. The zero-order valence-corrected chi connectivity index (χ0v) is 15.2. The number of hydrogen-bond donors (Lipinski definition) is 2. The number of sulfonamides is 1. The maximum absolute atomic E-state index is 12.6. The first kappa shape index (κ1) is 17.7. The van der Waals surface area contributed by atoms with Crippen molar-refractivity contribution in [2.75, 3.05) is 13.3 Å². The topological polar surface area (TPSA) is 84.9 Å². The number of aryl methyl sites for hydroxylation is 2. The second kappa shape index (κ2) is 6.33. The van der Waals surface area contributed by atoms with Crippen LogP contribution in [0.1, 0.15) is 23.6 Å². The predicted molar refractivity (Wildman–Crippen MR) is 93.2 cm³/mol. The van der Waals surface area contributed by atoms with E-state index in [2.05, 4.69) is 4.72 Å². The van der Waals surface area contributed by atoms with Gasteiger partial charge in [-0.3, -0.25) is 0 Å². The van der Waals surface area contributed by atoms with Crippen LogP contribution in [0.4, 0.5) is 0 Å². The van der Waals surface area contributed by atoms with Gasteiger partial charge in [0, 0.05) is 6.54 Å². The lowest BCUT2D eigenvalue weighted by molar-refractivity contribution is 0.0625. The Kier molecular flexibility index (Phi) is 4.49. The molecule has 6 nitrogen and oxygen atoms in total. The monoisotopic (exact) mass is 363 g/mol. The Morgan fingerprint density at radius 2 is 1.84 bits per heavy atom. The molecule has 0 spiro atoms. The Morgan fingerprint density at radius 3 is 2.56 bits per heavy atom. The summed E-state index contributed by atoms with van der Waals surface area (Å²) in [6.45, 7) is 5.18. The molecule has 134 valence electrons. The second-order valence-corrected chi connectivity index (χ2v) is 8.17. The summed E-state index contributed by atoms with van der Waals surface area (Å²) in [6.07, 6.45) is 0. The number of benzene rings is 2. The molecule has 0 saturated carbocycles. The zero-order chi connectivity index (χ0) is 18.2. The van der Waals surface area contributed by atoms with E-state index in [1.165, 1.54) is 0 Å². The number of nitrogens with one attached hydrogen (secondary N) is 1. The molecular weight excluding hydrogens is 342 g/mol. The molecule has 0 aliphatic carbocycles. The van der Waals surface area contributed by atoms with Crippen LogP contribution in [0, 0.1) is 13.8 Å². The summed E-state index contributed by atoms with van der Waals surface area (Å²) in [4.78, 5) is 0.208. The second-order valence-electron chi connectivity index (χ2n) is 6.44. The van der Waals surface area contributed by atoms with E-state index >= 15 is 0 Å². The molecule has 0 radical (unpaired) electrons. The molecular formula is C18H21NO5S. The third kappa shape index (κ3) is 3.63. The van der Waals surface area contributed by atoms with Gasteiger partial charge in [0.05, 0.1) is 4.90 Å². The van der Waals surface area contributed by atoms with Gasteiger partial charge in [0.1, 0.15) is 5.60 Å². The Labute approximate surface area is 147 Å². The van der Waals surface area contributed by atoms with E-state index in [1.54, 1.807) is 44.2 Å². The Bertz CT molecular complexity index is 906. The van der Waals surface area contributed by atoms with Crippen molar-refractivity contribution in [2.45, 2.75) is 31.3 Å². The third-order valence-corrected chi connectivity index (χ3v) is 5.78. The summed E-state index contributed by atoms with van der Waals surface area (Å²) in [5.41, 5.74) is 0.797. The van der Waals surface area contributed by atoms with Gasteiger partial charge in [0.2, 0.25) is 16.8 Å². The average molecular weight is 363 g/mol. The van der Waals surface area contributed by atoms with Crippen molar-refractivity contribution in [1.82, 2.24) is 4.72 Å². The number of hydrogen-bond acceptors (Lipinski definition) is 5. The van der Waals surface area contributed by atoms with E-state index in [-0.39, 0.29) is 18.2 Å². The van der Waals surface area contributed by atoms with Gasteiger partial charge in [-0.05, 0) is 50.1 Å². The predicted octanol–water partition coefficient (Wildman–Crippen LogP) is 2.22. The first-order valence-corrected chi connectivity index (χ1v) is 9.37. The normalized spacial score (nSPS) is 15.8. The van der Waals surface area contributed by atoms with E-state index in [4.69, 9.17) is 9.47 Å². The van der Waals surface area contributed by atoms with Crippen LogP contribution in [0.25, 0.3) is 0 Å². The number of fused-ring (bicyclic) bond motifs is 1. The minimum Gasteiger partial charge on any atom is -0.454 e. The van der Waals surface area contributed by atoms with Gasteiger partial charge in [0.25, 0.3) is 0 Å². The van der Waals surface area contributed by atoms with Gasteiger partial charge >= 0.3 is 0 Å². The molecule has 25 heavy (non-hydrogen) atoms. The van der Waals surface area contributed by atoms with Crippen LogP contribution in [0.5, 0.6) is 11.5 Å². The van der Waals surface area contributed by atoms with E-state index in [0.29, 0.717) is 22.6 Å². The highest BCUT2D eigenvalue weighted by Gasteiger charge is 2.28. The van der Waals surface area contributed by atoms with Crippen molar-refractivity contribution in [1.29, 1.82) is 0 Å². The molecule has 0 aromatic heterocycles. The van der Waals surface area contributed by atoms with Gasteiger partial charge in [0.15, 0.2) is 11.5 Å². The van der Waals surface area contributed by atoms with Crippen molar-refractivity contribution in [3.8, 4) is 11.5 Å². The first-order valence-electron chi connectivity index (χ1n) is 7.88. The molecule has 0 amide bonds. The number of aliphatic hydroxyl groups is 1. The quantitative estimate of drug-likeness (QED) is 0.851. The number of rotatable bonds is 5. The summed E-state index contributed by atoms with van der Waals surface area (Å²) >= 11 is 0. The van der Waals surface area contributed by atoms with E-state index in [1.807, 2.05) is 13.0 Å². The lowest BCUT2D eigenvalue weighted by Gasteiger charge is -2.24. The third-order valence-electron chi connectivity index (χ3n) is 4.22. The average Bonchev–Trinajstić information content (AvgIpc) is 3.00. The maximum atomic E-state index is 12.6. The van der Waals surface area contributed by atoms with Crippen molar-refractivity contribution < 1.29 is 23.0 Å². The summed E-state index contributed by atoms with van der Waals surface area (Å²) in [6, 6.07) is 10.2. The Hall–Kier alpha value is -2.09. The Morgan fingerprint density at radius 1 is 1.12 bits per heavy atom. The molecule has 1 heterocycles. The van der Waals surface area contributed by atoms with Gasteiger partial charge in [-0.15, -0.1) is 0 Å². The zero-order valence-electron chi connectivity index (χ0n) is 14.4. The molecule has 2 N–H and O–H groups in total. The smallest absolute Gasteiger partial charge is 0.240 e. The van der Waals surface area contributed by atoms with Crippen LogP contribution in [0.3, 0.4) is 0 Å². The van der Waals surface area contributed by atoms with Crippen molar-refractivity contribution >= 4 is 10.0 Å². The van der Waals surface area contributed by atoms with E-state index < -0.39 is 15.6 Å². The lowest BCUT2D eigenvalue weighted by Crippen LogP contribution is -2.38. The molecule has 0 fully saturated rings. The maximum Gasteiger partial charge on any atom is 0.240 e. The standard InChI is InChI=1S/C18H21NO5S/c1-12-4-7-17(13(2)8-12)25(21,22)19-10-18(3,20)14-5-6-15-16(9-14)24-11-23-15/h4-9,19-20H,10-11H2,1-3H3. The minimum absolute atomic E-state index is 0.139. The van der Waals surface area contributed by atoms with Gasteiger partial charge < -0.3 is 14.6 Å². The van der Waals surface area contributed by atoms with Crippen LogP contribution in [-0.2, 0) is 15.6 Å². The molecule has 2 aromatic carbocycles. The molecule has 1 atom stereocenters. The van der Waals surface area contributed by atoms with Gasteiger partial charge in [-0.1, -0.05) is 23.8 Å². The fraction of sp³-hybridized carbons (Fsp3) is 0.333. The van der Waals surface area contributed by atoms with E-state index in [0.717, 1.165) is 5.56 Å². The molecule has 0 saturated heterocycles. The molecule has 2 aromatic rings. The van der Waals surface area contributed by atoms with Crippen LogP contribution in [0.2, 0.25) is 0 Å². The first-order chi connectivity index (χ1) is 11.7. The van der Waals surface area contributed by atoms with Crippen LogP contribution in [0.15, 0.2) is 41.3 Å². The van der Waals surface area contributed by atoms with Crippen LogP contribution < -0.4 is 14.2 Å². The van der Waals surface area contributed by atoms with Crippen molar-refractivity contribution in [3.05, 3.63) is 53.1 Å². The molecule has 0 bridgehead atoms. The minimum atomic E-state index is -3.73. The van der Waals surface area contributed by atoms with Gasteiger partial charge in [-0.25, -0.2) is 13.1 Å². The van der Waals surface area contributed by atoms with E-state index in [9.17, 15) is 13.5 Å². The van der Waals surface area contributed by atoms with Crippen LogP contribution in [-0.4, -0.2) is 26.9 Å². The SMILES string of the molecule is Cc1ccc(S(=O)(=O)NCC(C)(O)c2ccc3c(c2)OCO3)c(C)c1. The van der Waals surface area contributed by atoms with Gasteiger partial charge in [-0.2, -0.15) is 0 Å². The van der Waals surface area contributed by atoms with Crippen LogP contribution >= 0.6 is 0 Å². The largest absolute Gasteiger partial charge is 0.454 e.